The maximum Gasteiger partial charge on any atom is 0.202 e. The summed E-state index contributed by atoms with van der Waals surface area (Å²) in [6.45, 7) is 3.61. The van der Waals surface area contributed by atoms with E-state index in [2.05, 4.69) is 0 Å². The van der Waals surface area contributed by atoms with Crippen LogP contribution in [0, 0.1) is 0 Å². The number of aliphatic hydroxyl groups is 1. The molecule has 0 unspecified atom stereocenters. The van der Waals surface area contributed by atoms with Crippen LogP contribution in [0.5, 0.6) is 17.2 Å². The number of hydrogen-bond donors (Lipinski definition) is 5. The number of phenols is 3. The highest BCUT2D eigenvalue weighted by molar-refractivity contribution is 6.31. The number of aromatic hydroxyl groups is 3. The van der Waals surface area contributed by atoms with Gasteiger partial charge in [-0.3, -0.25) is 9.59 Å². The van der Waals surface area contributed by atoms with Gasteiger partial charge in [0.25, 0.3) is 0 Å². The van der Waals surface area contributed by atoms with E-state index >= 15 is 0 Å². The Hall–Kier alpha value is -3.24. The first-order valence-corrected chi connectivity index (χ1v) is 11.6. The fourth-order valence-corrected chi connectivity index (χ4v) is 5.22. The van der Waals surface area contributed by atoms with Gasteiger partial charge in [0.05, 0.1) is 35.0 Å². The van der Waals surface area contributed by atoms with Crippen LogP contribution < -0.4 is 5.73 Å². The number of aliphatic hydroxyl groups excluding tert-OH is 1. The van der Waals surface area contributed by atoms with Crippen molar-refractivity contribution in [2.24, 2.45) is 5.73 Å². The molecule has 1 heterocycles. The van der Waals surface area contributed by atoms with Gasteiger partial charge in [0, 0.05) is 29.2 Å². The molecule has 0 amide bonds. The largest absolute Gasteiger partial charge is 0.507 e. The summed E-state index contributed by atoms with van der Waals surface area (Å²) in [5.41, 5.74) is 6.36. The summed E-state index contributed by atoms with van der Waals surface area (Å²) < 4.78 is 12.0. The summed E-state index contributed by atoms with van der Waals surface area (Å²) in [6, 6.07) is 3.54. The van der Waals surface area contributed by atoms with Crippen LogP contribution in [0.25, 0.3) is 6.08 Å². The summed E-state index contributed by atoms with van der Waals surface area (Å²) in [5.74, 6) is -2.73. The molecule has 5 rings (SSSR count). The fourth-order valence-electron chi connectivity index (χ4n) is 5.22. The molecule has 1 saturated heterocycles. The van der Waals surface area contributed by atoms with Gasteiger partial charge in [-0.1, -0.05) is 30.7 Å². The van der Waals surface area contributed by atoms with Gasteiger partial charge in [-0.15, -0.1) is 0 Å². The van der Waals surface area contributed by atoms with Crippen molar-refractivity contribution in [1.29, 1.82) is 0 Å². The van der Waals surface area contributed by atoms with Crippen molar-refractivity contribution in [2.75, 3.05) is 0 Å². The highest BCUT2D eigenvalue weighted by Crippen LogP contribution is 2.51. The number of rotatable bonds is 3. The minimum atomic E-state index is -0.847. The fraction of sp³-hybridized carbons (Fsp3) is 0.385. The lowest BCUT2D eigenvalue weighted by Crippen LogP contribution is -2.51. The van der Waals surface area contributed by atoms with Gasteiger partial charge in [0.2, 0.25) is 5.78 Å². The number of carbonyl (C=O) groups excluding carboxylic acids is 2. The minimum absolute atomic E-state index is 0.0439. The normalized spacial score (nSPS) is 27.7. The van der Waals surface area contributed by atoms with E-state index in [1.807, 2.05) is 6.92 Å². The van der Waals surface area contributed by atoms with E-state index in [9.17, 15) is 30.0 Å². The zero-order valence-corrected chi connectivity index (χ0v) is 19.3. The molecular formula is C26H27NO8. The van der Waals surface area contributed by atoms with E-state index in [1.54, 1.807) is 13.0 Å². The number of fused-ring (bicyclic) bond motifs is 3. The molecule has 1 fully saturated rings. The van der Waals surface area contributed by atoms with E-state index in [4.69, 9.17) is 15.2 Å². The van der Waals surface area contributed by atoms with Crippen molar-refractivity contribution in [2.45, 2.75) is 63.8 Å². The predicted molar refractivity (Wildman–Crippen MR) is 124 cm³/mol. The molecule has 2 aliphatic carbocycles. The van der Waals surface area contributed by atoms with Crippen LogP contribution >= 0.6 is 0 Å². The van der Waals surface area contributed by atoms with Gasteiger partial charge >= 0.3 is 0 Å². The van der Waals surface area contributed by atoms with Crippen LogP contribution in [-0.4, -0.2) is 56.5 Å². The average Bonchev–Trinajstić information content (AvgIpc) is 2.82. The molecule has 0 bridgehead atoms. The Balaban J connectivity index is 1.65. The molecule has 2 aromatic carbocycles. The Morgan fingerprint density at radius 1 is 1.09 bits per heavy atom. The number of benzene rings is 2. The standard InChI is InChI=1S/C26H27NO8/c1-3-11-7-13-19(16(8-11)35-17-9-14(27)22(29)10(2)34-17)26(33)21-20(24(13)31)23(30)12-5-4-6-15(28)18(12)25(21)32/h4-7,10,14,16-17,22,28-29,31,33H,3,8-9,27H2,1-2H3/t10-,14-,16-,17+,22+/m0/s1. The molecular weight excluding hydrogens is 454 g/mol. The number of ether oxygens (including phenoxy) is 2. The van der Waals surface area contributed by atoms with Crippen molar-refractivity contribution >= 4 is 17.6 Å². The van der Waals surface area contributed by atoms with Gasteiger partial charge in [0.1, 0.15) is 17.2 Å². The van der Waals surface area contributed by atoms with Crippen LogP contribution in [-0.2, 0) is 9.47 Å². The van der Waals surface area contributed by atoms with Crippen molar-refractivity contribution < 1.29 is 39.5 Å². The molecule has 0 radical (unpaired) electrons. The second-order valence-electron chi connectivity index (χ2n) is 9.28. The average molecular weight is 482 g/mol. The number of phenolic OH excluding ortho intramolecular Hbond substituents is 3. The van der Waals surface area contributed by atoms with Gasteiger partial charge in [0.15, 0.2) is 12.1 Å². The lowest BCUT2D eigenvalue weighted by Gasteiger charge is -2.39. The first kappa shape index (κ1) is 23.5. The second kappa shape index (κ2) is 8.46. The van der Waals surface area contributed by atoms with Gasteiger partial charge in [-0.05, 0) is 25.8 Å². The van der Waals surface area contributed by atoms with E-state index in [1.165, 1.54) is 18.2 Å². The Kier molecular flexibility index (Phi) is 5.68. The third kappa shape index (κ3) is 3.54. The van der Waals surface area contributed by atoms with Crippen LogP contribution in [0.1, 0.15) is 82.2 Å². The Labute approximate surface area is 201 Å². The third-order valence-corrected chi connectivity index (χ3v) is 7.13. The van der Waals surface area contributed by atoms with Crippen LogP contribution in [0.3, 0.4) is 0 Å². The Morgan fingerprint density at radius 3 is 2.49 bits per heavy atom. The molecule has 1 aliphatic heterocycles. The topological polar surface area (TPSA) is 160 Å². The maximum absolute atomic E-state index is 13.4. The molecule has 2 aromatic rings. The van der Waals surface area contributed by atoms with E-state index in [0.717, 1.165) is 5.57 Å². The molecule has 9 nitrogen and oxygen atoms in total. The summed E-state index contributed by atoms with van der Waals surface area (Å²) in [6.07, 6.45) is -0.144. The third-order valence-electron chi connectivity index (χ3n) is 7.13. The SMILES string of the molecule is CCC1=Cc2c(O)c3c(c(O)c2[C@@H](O[C@@H]2C[C@H](N)[C@H](O)[C@H](C)O2)C1)C(=O)c1c(O)cccc1C3=O. The molecule has 9 heteroatoms. The van der Waals surface area contributed by atoms with Crippen LogP contribution in [0.4, 0.5) is 0 Å². The maximum atomic E-state index is 13.4. The molecule has 0 spiro atoms. The zero-order chi connectivity index (χ0) is 25.2. The smallest absolute Gasteiger partial charge is 0.202 e. The number of nitrogens with two attached hydrogens (primary N) is 1. The molecule has 35 heavy (non-hydrogen) atoms. The number of hydrogen-bond acceptors (Lipinski definition) is 9. The molecule has 3 aliphatic rings. The van der Waals surface area contributed by atoms with Crippen molar-refractivity contribution in [3.05, 3.63) is 57.2 Å². The van der Waals surface area contributed by atoms with E-state index < -0.39 is 53.7 Å². The Bertz CT molecular complexity index is 1270. The van der Waals surface area contributed by atoms with Crippen molar-refractivity contribution in [3.63, 3.8) is 0 Å². The number of ketones is 2. The molecule has 5 atom stereocenters. The Morgan fingerprint density at radius 2 is 1.80 bits per heavy atom. The monoisotopic (exact) mass is 481 g/mol. The summed E-state index contributed by atoms with van der Waals surface area (Å²) in [7, 11) is 0. The van der Waals surface area contributed by atoms with E-state index in [0.29, 0.717) is 12.8 Å². The highest BCUT2D eigenvalue weighted by atomic mass is 16.7. The first-order chi connectivity index (χ1) is 16.6. The van der Waals surface area contributed by atoms with Gasteiger partial charge < -0.3 is 35.6 Å². The second-order valence-corrected chi connectivity index (χ2v) is 9.28. The molecule has 184 valence electrons. The van der Waals surface area contributed by atoms with Gasteiger partial charge in [-0.25, -0.2) is 0 Å². The lowest BCUT2D eigenvalue weighted by molar-refractivity contribution is -0.240. The van der Waals surface area contributed by atoms with E-state index in [-0.39, 0.29) is 45.6 Å². The van der Waals surface area contributed by atoms with Crippen molar-refractivity contribution in [1.82, 2.24) is 0 Å². The quantitative estimate of drug-likeness (QED) is 0.354. The highest BCUT2D eigenvalue weighted by Gasteiger charge is 2.42. The number of carbonyl (C=O) groups is 2. The lowest BCUT2D eigenvalue weighted by atomic mass is 9.77. The molecule has 0 aromatic heterocycles. The predicted octanol–water partition coefficient (Wildman–Crippen LogP) is 2.66. The molecule has 6 N–H and O–H groups in total. The summed E-state index contributed by atoms with van der Waals surface area (Å²) >= 11 is 0. The molecule has 0 saturated carbocycles. The van der Waals surface area contributed by atoms with Crippen LogP contribution in [0.15, 0.2) is 23.8 Å². The zero-order valence-electron chi connectivity index (χ0n) is 19.3. The summed E-state index contributed by atoms with van der Waals surface area (Å²) in [4.78, 5) is 26.6. The van der Waals surface area contributed by atoms with Gasteiger partial charge in [-0.2, -0.15) is 0 Å². The first-order valence-electron chi connectivity index (χ1n) is 11.6. The minimum Gasteiger partial charge on any atom is -0.507 e. The summed E-state index contributed by atoms with van der Waals surface area (Å²) in [5, 5.41) is 42.9. The van der Waals surface area contributed by atoms with Crippen molar-refractivity contribution in [3.8, 4) is 17.2 Å². The van der Waals surface area contributed by atoms with Crippen LogP contribution in [0.2, 0.25) is 0 Å².